The molecule has 4 nitrogen and oxygen atoms in total. The van der Waals surface area contributed by atoms with Gasteiger partial charge < -0.3 is 10.8 Å². The molecule has 0 amide bonds. The molecule has 80 valence electrons. The third-order valence-corrected chi connectivity index (χ3v) is 2.42. The Morgan fingerprint density at radius 1 is 1.24 bits per heavy atom. The van der Waals surface area contributed by atoms with E-state index in [0.29, 0.717) is 22.6 Å². The van der Waals surface area contributed by atoms with Gasteiger partial charge in [-0.3, -0.25) is 4.79 Å². The van der Waals surface area contributed by atoms with Crippen LogP contribution in [0.4, 0.5) is 5.69 Å². The maximum Gasteiger partial charge on any atom is 1.00 e. The minimum absolute atomic E-state index is 0. The van der Waals surface area contributed by atoms with Crippen molar-refractivity contribution in [1.29, 1.82) is 0 Å². The Labute approximate surface area is 120 Å². The molecule has 0 unspecified atom stereocenters. The number of carbonyl (C=O) groups is 2. The summed E-state index contributed by atoms with van der Waals surface area (Å²) in [6.45, 7) is 0. The van der Waals surface area contributed by atoms with E-state index in [4.69, 9.17) is 10.8 Å². The molecule has 5 heteroatoms. The van der Waals surface area contributed by atoms with Crippen LogP contribution in [-0.4, -0.2) is 17.4 Å². The average molecular weight is 237 g/mol. The third-order valence-electron chi connectivity index (χ3n) is 2.42. The summed E-state index contributed by atoms with van der Waals surface area (Å²) < 4.78 is 0. The van der Waals surface area contributed by atoms with Crippen molar-refractivity contribution >= 4 is 28.7 Å². The van der Waals surface area contributed by atoms with E-state index in [1.54, 1.807) is 24.3 Å². The van der Waals surface area contributed by atoms with Crippen LogP contribution in [0, 0.1) is 0 Å². The molecule has 2 rings (SSSR count). The smallest absolute Gasteiger partial charge is 0.698 e. The molecule has 0 spiro atoms. The second-order valence-electron chi connectivity index (χ2n) is 3.36. The first-order valence-corrected chi connectivity index (χ1v) is 4.61. The second kappa shape index (κ2) is 5.31. The summed E-state index contributed by atoms with van der Waals surface area (Å²) in [7, 11) is 0. The van der Waals surface area contributed by atoms with Crippen LogP contribution in [0.3, 0.4) is 0 Å². The van der Waals surface area contributed by atoms with E-state index in [1.165, 1.54) is 6.07 Å². The normalized spacial score (nSPS) is 9.65. The maximum atomic E-state index is 11.0. The molecule has 0 heterocycles. The summed E-state index contributed by atoms with van der Waals surface area (Å²) in [5, 5.41) is 10.0. The minimum Gasteiger partial charge on any atom is -0.698 e. The zero-order valence-corrected chi connectivity index (χ0v) is 11.2. The van der Waals surface area contributed by atoms with Crippen LogP contribution in [0.5, 0.6) is 0 Å². The van der Waals surface area contributed by atoms with Crippen LogP contribution in [0.15, 0.2) is 30.3 Å². The third kappa shape index (κ3) is 2.34. The Bertz CT molecular complexity index is 596. The predicted molar refractivity (Wildman–Crippen MR) is 60.3 cm³/mol. The fraction of sp³-hybridized carbons (Fsp3) is 0. The molecule has 0 saturated heterocycles. The monoisotopic (exact) mass is 237 g/mol. The van der Waals surface area contributed by atoms with Crippen LogP contribution in [0.2, 0.25) is 0 Å². The van der Waals surface area contributed by atoms with Gasteiger partial charge in [-0.1, -0.05) is 30.3 Å². The van der Waals surface area contributed by atoms with Gasteiger partial charge in [0.15, 0.2) is 6.29 Å². The number of nitrogens with one attached hydrogen (secondary N) is 1. The first-order chi connectivity index (χ1) is 7.65. The fourth-order valence-electron chi connectivity index (χ4n) is 1.73. The molecule has 17 heavy (non-hydrogen) atoms. The molecular weight excluding hydrogens is 229 g/mol. The topological polar surface area (TPSA) is 78.2 Å². The Balaban J connectivity index is 0.00000144. The number of rotatable bonds is 2. The molecule has 0 fully saturated rings. The number of hydrogen-bond acceptors (Lipinski definition) is 2. The molecule has 2 aromatic rings. The summed E-state index contributed by atoms with van der Waals surface area (Å²) >= 11 is 0. The standard InChI is InChI=1S/C12H8NO3.Na/c13-10-5-7(6-14)8-3-1-2-4-9(8)11(10)12(15)16;/h1-6,13H,(H,15,16);/q-1;+1. The van der Waals surface area contributed by atoms with Crippen LogP contribution < -0.4 is 29.6 Å². The van der Waals surface area contributed by atoms with Gasteiger partial charge in [-0.2, -0.15) is 0 Å². The van der Waals surface area contributed by atoms with Gasteiger partial charge in [0, 0.05) is 5.56 Å². The largest absolute Gasteiger partial charge is 1.00 e. The first-order valence-electron chi connectivity index (χ1n) is 4.61. The van der Waals surface area contributed by atoms with Crippen molar-refractivity contribution in [2.45, 2.75) is 0 Å². The van der Waals surface area contributed by atoms with E-state index in [2.05, 4.69) is 0 Å². The van der Waals surface area contributed by atoms with Crippen molar-refractivity contribution in [3.8, 4) is 0 Å². The van der Waals surface area contributed by atoms with E-state index in [0.717, 1.165) is 0 Å². The number of benzene rings is 2. The van der Waals surface area contributed by atoms with Crippen molar-refractivity contribution in [2.24, 2.45) is 0 Å². The van der Waals surface area contributed by atoms with Gasteiger partial charge in [-0.25, -0.2) is 4.79 Å². The van der Waals surface area contributed by atoms with Gasteiger partial charge in [-0.15, -0.1) is 5.69 Å². The summed E-state index contributed by atoms with van der Waals surface area (Å²) in [4.78, 5) is 21.9. The van der Waals surface area contributed by atoms with E-state index < -0.39 is 5.97 Å². The Hall–Kier alpha value is -1.36. The fourth-order valence-corrected chi connectivity index (χ4v) is 1.73. The molecule has 2 aromatic carbocycles. The number of carbonyl (C=O) groups excluding carboxylic acids is 1. The van der Waals surface area contributed by atoms with Crippen molar-refractivity contribution in [3.05, 3.63) is 47.2 Å². The van der Waals surface area contributed by atoms with E-state index in [1.807, 2.05) is 0 Å². The zero-order chi connectivity index (χ0) is 11.7. The Kier molecular flexibility index (Phi) is 4.28. The van der Waals surface area contributed by atoms with Gasteiger partial charge >= 0.3 is 35.5 Å². The van der Waals surface area contributed by atoms with Gasteiger partial charge in [0.2, 0.25) is 0 Å². The molecule has 2 N–H and O–H groups in total. The van der Waals surface area contributed by atoms with Crippen molar-refractivity contribution < 1.29 is 44.3 Å². The van der Waals surface area contributed by atoms with Crippen molar-refractivity contribution in [3.63, 3.8) is 0 Å². The quantitative estimate of drug-likeness (QED) is 0.591. The van der Waals surface area contributed by atoms with Gasteiger partial charge in [0.25, 0.3) is 0 Å². The van der Waals surface area contributed by atoms with Crippen LogP contribution in [0.1, 0.15) is 20.7 Å². The minimum atomic E-state index is -1.15. The van der Waals surface area contributed by atoms with Crippen molar-refractivity contribution in [1.82, 2.24) is 0 Å². The van der Waals surface area contributed by atoms with Crippen LogP contribution in [0.25, 0.3) is 16.5 Å². The summed E-state index contributed by atoms with van der Waals surface area (Å²) in [5.74, 6) is -1.15. The number of carboxylic acids is 1. The van der Waals surface area contributed by atoms with Crippen molar-refractivity contribution in [2.75, 3.05) is 0 Å². The molecular formula is C12H8NNaO3. The van der Waals surface area contributed by atoms with Gasteiger partial charge in [0.05, 0.1) is 5.56 Å². The van der Waals surface area contributed by atoms with Gasteiger partial charge in [-0.05, 0) is 10.8 Å². The maximum absolute atomic E-state index is 11.0. The molecule has 0 aliphatic heterocycles. The molecule has 0 aliphatic carbocycles. The number of aromatic carboxylic acids is 1. The molecule has 0 radical (unpaired) electrons. The summed E-state index contributed by atoms with van der Waals surface area (Å²) in [5.41, 5.74) is 7.71. The zero-order valence-electron chi connectivity index (χ0n) is 9.23. The van der Waals surface area contributed by atoms with Crippen LogP contribution >= 0.6 is 0 Å². The predicted octanol–water partition coefficient (Wildman–Crippen LogP) is 0.0382. The summed E-state index contributed by atoms with van der Waals surface area (Å²) in [6, 6.07) is 7.96. The SMILES string of the molecule is [NH-]c1cc(C=O)c2ccccc2c1C(=O)O.[Na+]. The first kappa shape index (κ1) is 13.7. The van der Waals surface area contributed by atoms with Gasteiger partial charge in [0.1, 0.15) is 0 Å². The Morgan fingerprint density at radius 2 is 1.82 bits per heavy atom. The van der Waals surface area contributed by atoms with E-state index in [9.17, 15) is 9.59 Å². The van der Waals surface area contributed by atoms with E-state index >= 15 is 0 Å². The second-order valence-corrected chi connectivity index (χ2v) is 3.36. The van der Waals surface area contributed by atoms with Crippen LogP contribution in [-0.2, 0) is 0 Å². The Morgan fingerprint density at radius 3 is 2.35 bits per heavy atom. The molecule has 0 bridgehead atoms. The molecule has 0 atom stereocenters. The number of fused-ring (bicyclic) bond motifs is 1. The number of carboxylic acid groups (broad SMARTS) is 1. The average Bonchev–Trinajstić information content (AvgIpc) is 2.27. The number of hydrogen-bond donors (Lipinski definition) is 1. The molecule has 0 aromatic heterocycles. The molecule has 0 aliphatic rings. The number of aldehydes is 1. The molecule has 0 saturated carbocycles. The summed E-state index contributed by atoms with van der Waals surface area (Å²) in [6.07, 6.45) is 0.631. The van der Waals surface area contributed by atoms with E-state index in [-0.39, 0.29) is 40.8 Å².